The van der Waals surface area contributed by atoms with Crippen LogP contribution in [-0.4, -0.2) is 108 Å². The van der Waals surface area contributed by atoms with Crippen molar-refractivity contribution >= 4 is 51.1 Å². The summed E-state index contributed by atoms with van der Waals surface area (Å²) in [5.74, 6) is 1.74. The summed E-state index contributed by atoms with van der Waals surface area (Å²) in [5.41, 5.74) is 9.88. The number of anilines is 2. The highest BCUT2D eigenvalue weighted by Crippen LogP contribution is 2.28. The second kappa shape index (κ2) is 12.7. The fourth-order valence-corrected chi connectivity index (χ4v) is 6.70. The summed E-state index contributed by atoms with van der Waals surface area (Å²) in [4.78, 5) is 28.4. The molecule has 6 heterocycles. The van der Waals surface area contributed by atoms with Gasteiger partial charge in [0, 0.05) is 52.4 Å². The first-order valence-corrected chi connectivity index (χ1v) is 16.9. The Morgan fingerprint density at radius 3 is 1.63 bits per heavy atom. The van der Waals surface area contributed by atoms with Crippen LogP contribution in [0.15, 0.2) is 36.9 Å². The molecule has 2 aromatic carbocycles. The van der Waals surface area contributed by atoms with E-state index in [9.17, 15) is 4.79 Å². The minimum atomic E-state index is -0.489. The normalized spacial score (nSPS) is 15.7. The van der Waals surface area contributed by atoms with Crippen LogP contribution >= 0.6 is 0 Å². The zero-order valence-electron chi connectivity index (χ0n) is 29.4. The van der Waals surface area contributed by atoms with Gasteiger partial charge in [0.15, 0.2) is 11.6 Å². The minimum Gasteiger partial charge on any atom is -0.444 e. The Kier molecular flexibility index (Phi) is 8.43. The number of rotatable bonds is 2. The first-order chi connectivity index (χ1) is 23.5. The van der Waals surface area contributed by atoms with Crippen LogP contribution in [0.4, 0.5) is 16.4 Å². The molecule has 256 valence electrons. The predicted molar refractivity (Wildman–Crippen MR) is 191 cm³/mol. The van der Waals surface area contributed by atoms with Crippen molar-refractivity contribution in [2.24, 2.45) is 0 Å². The largest absolute Gasteiger partial charge is 0.444 e. The molecule has 8 rings (SSSR count). The highest BCUT2D eigenvalue weighted by molar-refractivity contribution is 5.87. The third kappa shape index (κ3) is 6.40. The van der Waals surface area contributed by atoms with E-state index in [0.29, 0.717) is 26.2 Å². The van der Waals surface area contributed by atoms with Crippen molar-refractivity contribution in [3.8, 4) is 0 Å². The molecule has 2 saturated heterocycles. The topological polar surface area (TPSA) is 134 Å². The molecular weight excluding hydrogens is 620 g/mol. The summed E-state index contributed by atoms with van der Waals surface area (Å²) >= 11 is 0. The molecule has 2 aliphatic heterocycles. The lowest BCUT2D eigenvalue weighted by atomic mass is 10.1. The van der Waals surface area contributed by atoms with Crippen molar-refractivity contribution in [2.45, 2.75) is 54.1 Å². The first-order valence-electron chi connectivity index (χ1n) is 16.9. The molecule has 4 aromatic heterocycles. The Morgan fingerprint density at radius 2 is 1.16 bits per heavy atom. The summed E-state index contributed by atoms with van der Waals surface area (Å²) < 4.78 is 9.54. The van der Waals surface area contributed by atoms with Gasteiger partial charge in [-0.15, -0.1) is 20.4 Å². The third-order valence-corrected chi connectivity index (χ3v) is 8.95. The number of carbonyl (C=O) groups excluding carboxylic acids is 1. The molecule has 1 N–H and O–H groups in total. The van der Waals surface area contributed by atoms with Crippen LogP contribution in [-0.2, 0) is 4.74 Å². The smallest absolute Gasteiger partial charge is 0.410 e. The monoisotopic (exact) mass is 664 g/mol. The minimum absolute atomic E-state index is 0.266. The van der Waals surface area contributed by atoms with E-state index in [-0.39, 0.29) is 6.09 Å². The molecule has 0 aliphatic carbocycles. The van der Waals surface area contributed by atoms with E-state index in [1.807, 2.05) is 25.2 Å². The van der Waals surface area contributed by atoms with Crippen LogP contribution in [0.2, 0.25) is 0 Å². The molecule has 0 spiro atoms. The average molecular weight is 665 g/mol. The van der Waals surface area contributed by atoms with Gasteiger partial charge in [-0.25, -0.2) is 14.8 Å². The number of carbonyl (C=O) groups is 1. The van der Waals surface area contributed by atoms with E-state index in [1.165, 1.54) is 16.7 Å². The van der Waals surface area contributed by atoms with Gasteiger partial charge in [-0.1, -0.05) is 12.1 Å². The maximum atomic E-state index is 12.3. The highest BCUT2D eigenvalue weighted by Gasteiger charge is 2.28. The Bertz CT molecular complexity index is 2170. The molecule has 14 heteroatoms. The zero-order chi connectivity index (χ0) is 34.4. The van der Waals surface area contributed by atoms with Crippen molar-refractivity contribution in [3.63, 3.8) is 0 Å². The molecule has 0 saturated carbocycles. The quantitative estimate of drug-likeness (QED) is 0.285. The molecule has 0 unspecified atom stereocenters. The summed E-state index contributed by atoms with van der Waals surface area (Å²) in [6.45, 7) is 20.4. The van der Waals surface area contributed by atoms with Crippen LogP contribution in [0, 0.1) is 27.7 Å². The van der Waals surface area contributed by atoms with Crippen molar-refractivity contribution in [1.29, 1.82) is 0 Å². The number of nitrogens with one attached hydrogen (secondary N) is 1. The Balaban J connectivity index is 0.000000160. The Hall–Kier alpha value is -5.11. The number of fused-ring (bicyclic) bond motifs is 6. The number of amides is 1. The maximum absolute atomic E-state index is 12.3. The van der Waals surface area contributed by atoms with Gasteiger partial charge in [-0.2, -0.15) is 0 Å². The SMILES string of the molecule is Cc1cc(C)c2nc(N3CCN(C(=O)OC(C)(C)C)CC3)c3nncn3c2c1.Cc1cc(C)c2nc(N3CCNCC3)c3nncn3c2c1. The second-order valence-corrected chi connectivity index (χ2v) is 14.0. The van der Waals surface area contributed by atoms with Gasteiger partial charge < -0.3 is 24.8 Å². The summed E-state index contributed by atoms with van der Waals surface area (Å²) in [7, 11) is 0. The van der Waals surface area contributed by atoms with E-state index in [2.05, 4.69) is 91.9 Å². The Labute approximate surface area is 285 Å². The van der Waals surface area contributed by atoms with Crippen LogP contribution in [0.1, 0.15) is 43.0 Å². The predicted octanol–water partition coefficient (Wildman–Crippen LogP) is 4.26. The van der Waals surface area contributed by atoms with E-state index >= 15 is 0 Å². The maximum Gasteiger partial charge on any atom is 0.410 e. The van der Waals surface area contributed by atoms with Gasteiger partial charge in [0.1, 0.15) is 18.3 Å². The van der Waals surface area contributed by atoms with Crippen molar-refractivity contribution in [3.05, 3.63) is 59.2 Å². The van der Waals surface area contributed by atoms with Crippen LogP contribution in [0.5, 0.6) is 0 Å². The summed E-state index contributed by atoms with van der Waals surface area (Å²) in [5, 5.41) is 20.2. The molecule has 14 nitrogen and oxygen atoms in total. The molecule has 2 aliphatic rings. The van der Waals surface area contributed by atoms with Gasteiger partial charge in [0.05, 0.1) is 22.1 Å². The second-order valence-electron chi connectivity index (χ2n) is 14.0. The zero-order valence-corrected chi connectivity index (χ0v) is 29.4. The van der Waals surface area contributed by atoms with Gasteiger partial charge in [-0.05, 0) is 82.9 Å². The number of hydrogen-bond acceptors (Lipinski definition) is 11. The molecule has 0 atom stereocenters. The number of aromatic nitrogens is 8. The number of nitrogens with zero attached hydrogens (tertiary/aromatic N) is 11. The molecule has 2 fully saturated rings. The fraction of sp³-hybridized carbons (Fsp3) is 0.457. The Morgan fingerprint density at radius 1 is 0.694 bits per heavy atom. The van der Waals surface area contributed by atoms with E-state index < -0.39 is 5.60 Å². The lowest BCUT2D eigenvalue weighted by Crippen LogP contribution is -2.50. The molecule has 1 amide bonds. The number of ether oxygens (including phenoxy) is 1. The average Bonchev–Trinajstić information content (AvgIpc) is 3.76. The van der Waals surface area contributed by atoms with E-state index in [1.54, 1.807) is 17.6 Å². The lowest BCUT2D eigenvalue weighted by molar-refractivity contribution is 0.0240. The molecule has 49 heavy (non-hydrogen) atoms. The fourth-order valence-electron chi connectivity index (χ4n) is 6.70. The summed E-state index contributed by atoms with van der Waals surface area (Å²) in [6, 6.07) is 8.56. The van der Waals surface area contributed by atoms with Crippen LogP contribution < -0.4 is 15.1 Å². The standard InChI is InChI=1S/C20H26N6O2.C15H18N6/c1-13-10-14(2)16-15(11-13)26-12-21-23-18(26)17(22-16)24-6-8-25(9-7-24)19(27)28-20(3,4)5;1-10-7-11(2)13-12(8-10)21-9-17-19-15(21)14(18-13)20-5-3-16-4-6-20/h10-12H,6-9H2,1-5H3;7-9,16H,3-6H2,1-2H3. The molecule has 0 radical (unpaired) electrons. The number of piperazine rings is 2. The van der Waals surface area contributed by atoms with Crippen molar-refractivity contribution < 1.29 is 9.53 Å². The third-order valence-electron chi connectivity index (χ3n) is 8.95. The van der Waals surface area contributed by atoms with Gasteiger partial charge in [-0.3, -0.25) is 8.80 Å². The van der Waals surface area contributed by atoms with Gasteiger partial charge in [0.2, 0.25) is 11.3 Å². The van der Waals surface area contributed by atoms with Crippen molar-refractivity contribution in [1.82, 2.24) is 49.4 Å². The first kappa shape index (κ1) is 32.4. The van der Waals surface area contributed by atoms with E-state index in [4.69, 9.17) is 14.7 Å². The summed E-state index contributed by atoms with van der Waals surface area (Å²) in [6.07, 6.45) is 3.25. The molecule has 0 bridgehead atoms. The lowest BCUT2D eigenvalue weighted by Gasteiger charge is -2.36. The number of aryl methyl sites for hydroxylation is 4. The van der Waals surface area contributed by atoms with E-state index in [0.717, 1.165) is 76.7 Å². The van der Waals surface area contributed by atoms with Gasteiger partial charge in [0.25, 0.3) is 0 Å². The van der Waals surface area contributed by atoms with Crippen LogP contribution in [0.3, 0.4) is 0 Å². The molecule has 6 aromatic rings. The number of benzene rings is 2. The van der Waals surface area contributed by atoms with Crippen molar-refractivity contribution in [2.75, 3.05) is 62.2 Å². The van der Waals surface area contributed by atoms with Gasteiger partial charge >= 0.3 is 6.09 Å². The number of hydrogen-bond donors (Lipinski definition) is 1. The highest BCUT2D eigenvalue weighted by atomic mass is 16.6. The van der Waals surface area contributed by atoms with Crippen LogP contribution in [0.25, 0.3) is 33.4 Å². The molecular formula is C35H44N12O2.